The molecule has 1 fully saturated rings. The molecular formula is C13H19BrN2O4S. The highest BCUT2D eigenvalue weighted by molar-refractivity contribution is 9.10. The molecule has 118 valence electrons. The van der Waals surface area contributed by atoms with Gasteiger partial charge in [-0.1, -0.05) is 0 Å². The molecule has 6 nitrogen and oxygen atoms in total. The first-order valence-corrected chi connectivity index (χ1v) is 8.96. The van der Waals surface area contributed by atoms with Crippen LogP contribution >= 0.6 is 15.9 Å². The summed E-state index contributed by atoms with van der Waals surface area (Å²) in [5, 5.41) is 8.73. The molecule has 3 N–H and O–H groups in total. The minimum atomic E-state index is -3.50. The number of nitrogens with two attached hydrogens (primary N) is 1. The molecule has 0 unspecified atom stereocenters. The van der Waals surface area contributed by atoms with Gasteiger partial charge < -0.3 is 15.6 Å². The summed E-state index contributed by atoms with van der Waals surface area (Å²) in [5.41, 5.74) is 6.19. The average Bonchev–Trinajstić information content (AvgIpc) is 2.48. The summed E-state index contributed by atoms with van der Waals surface area (Å²) in [4.78, 5) is 0.235. The fraction of sp³-hybridized carbons (Fsp3) is 0.538. The van der Waals surface area contributed by atoms with Crippen LogP contribution in [0.15, 0.2) is 27.6 Å². The number of nitrogen functional groups attached to an aromatic ring is 1. The van der Waals surface area contributed by atoms with Gasteiger partial charge in [-0.3, -0.25) is 0 Å². The zero-order valence-electron chi connectivity index (χ0n) is 11.5. The summed E-state index contributed by atoms with van der Waals surface area (Å²) < 4.78 is 32.6. The van der Waals surface area contributed by atoms with Crippen molar-refractivity contribution in [3.8, 4) is 0 Å². The lowest BCUT2D eigenvalue weighted by Gasteiger charge is -2.31. The number of aliphatic hydroxyl groups excluding tert-OH is 1. The Balaban J connectivity index is 2.06. The molecule has 1 aromatic carbocycles. The number of piperidine rings is 1. The Bertz CT molecular complexity index is 586. The number of nitrogens with zero attached hydrogens (tertiary/aromatic N) is 1. The van der Waals surface area contributed by atoms with Gasteiger partial charge in [-0.05, 0) is 47.0 Å². The largest absolute Gasteiger partial charge is 0.398 e. The summed E-state index contributed by atoms with van der Waals surface area (Å²) in [6.45, 7) is 1.11. The number of hydrogen-bond donors (Lipinski definition) is 2. The van der Waals surface area contributed by atoms with Gasteiger partial charge in [0.25, 0.3) is 0 Å². The fourth-order valence-corrected chi connectivity index (χ4v) is 4.30. The van der Waals surface area contributed by atoms with Gasteiger partial charge in [0, 0.05) is 23.2 Å². The quantitative estimate of drug-likeness (QED) is 0.750. The molecule has 21 heavy (non-hydrogen) atoms. The van der Waals surface area contributed by atoms with Crippen molar-refractivity contribution in [2.24, 2.45) is 0 Å². The maximum Gasteiger partial charge on any atom is 0.243 e. The van der Waals surface area contributed by atoms with Gasteiger partial charge in [0.15, 0.2) is 0 Å². The zero-order chi connectivity index (χ0) is 15.5. The second kappa shape index (κ2) is 7.06. The molecule has 1 aliphatic rings. The molecule has 1 saturated heterocycles. The van der Waals surface area contributed by atoms with E-state index in [9.17, 15) is 8.42 Å². The second-order valence-electron chi connectivity index (χ2n) is 4.88. The van der Waals surface area contributed by atoms with Crippen molar-refractivity contribution in [2.75, 3.05) is 32.0 Å². The predicted molar refractivity (Wildman–Crippen MR) is 83.4 cm³/mol. The van der Waals surface area contributed by atoms with Crippen molar-refractivity contribution >= 4 is 31.6 Å². The lowest BCUT2D eigenvalue weighted by Crippen LogP contribution is -2.41. The van der Waals surface area contributed by atoms with Gasteiger partial charge >= 0.3 is 0 Å². The highest BCUT2D eigenvalue weighted by Crippen LogP contribution is 2.27. The van der Waals surface area contributed by atoms with Gasteiger partial charge in [0.1, 0.15) is 0 Å². The smallest absolute Gasteiger partial charge is 0.243 e. The Hall–Kier alpha value is -0.670. The summed E-state index contributed by atoms with van der Waals surface area (Å²) in [6.07, 6.45) is 1.28. The van der Waals surface area contributed by atoms with E-state index in [0.717, 1.165) is 0 Å². The van der Waals surface area contributed by atoms with Crippen LogP contribution in [0.25, 0.3) is 0 Å². The van der Waals surface area contributed by atoms with Gasteiger partial charge in [0.2, 0.25) is 10.0 Å². The van der Waals surface area contributed by atoms with E-state index in [1.54, 1.807) is 6.07 Å². The Morgan fingerprint density at radius 3 is 2.62 bits per heavy atom. The summed E-state index contributed by atoms with van der Waals surface area (Å²) in [5.74, 6) is 0. The molecule has 0 spiro atoms. The maximum atomic E-state index is 12.6. The highest BCUT2D eigenvalue weighted by atomic mass is 79.9. The molecule has 0 amide bonds. The molecule has 1 aliphatic heterocycles. The minimum absolute atomic E-state index is 0.0155. The van der Waals surface area contributed by atoms with Gasteiger partial charge in [-0.15, -0.1) is 0 Å². The van der Waals surface area contributed by atoms with Crippen molar-refractivity contribution in [1.82, 2.24) is 4.31 Å². The Morgan fingerprint density at radius 1 is 1.38 bits per heavy atom. The molecule has 1 aromatic rings. The lowest BCUT2D eigenvalue weighted by molar-refractivity contribution is 0.00318. The van der Waals surface area contributed by atoms with Crippen molar-refractivity contribution in [2.45, 2.75) is 23.8 Å². The van der Waals surface area contributed by atoms with E-state index in [4.69, 9.17) is 15.6 Å². The molecule has 2 rings (SSSR count). The van der Waals surface area contributed by atoms with E-state index < -0.39 is 10.0 Å². The Kier molecular flexibility index (Phi) is 5.61. The summed E-state index contributed by atoms with van der Waals surface area (Å²) >= 11 is 3.25. The summed E-state index contributed by atoms with van der Waals surface area (Å²) in [7, 11) is -3.50. The van der Waals surface area contributed by atoms with E-state index >= 15 is 0 Å². The average molecular weight is 379 g/mol. The van der Waals surface area contributed by atoms with E-state index in [2.05, 4.69) is 15.9 Å². The van der Waals surface area contributed by atoms with E-state index in [1.165, 1.54) is 16.4 Å². The van der Waals surface area contributed by atoms with E-state index in [-0.39, 0.29) is 17.6 Å². The van der Waals surface area contributed by atoms with Crippen molar-refractivity contribution in [1.29, 1.82) is 0 Å². The van der Waals surface area contributed by atoms with Gasteiger partial charge in [0.05, 0.1) is 24.2 Å². The van der Waals surface area contributed by atoms with E-state index in [0.29, 0.717) is 42.7 Å². The first-order valence-electron chi connectivity index (χ1n) is 6.73. The molecule has 0 aromatic heterocycles. The van der Waals surface area contributed by atoms with Crippen molar-refractivity contribution in [3.63, 3.8) is 0 Å². The van der Waals surface area contributed by atoms with Crippen molar-refractivity contribution < 1.29 is 18.3 Å². The number of halogens is 1. The van der Waals surface area contributed by atoms with Crippen LogP contribution in [0.5, 0.6) is 0 Å². The molecular weight excluding hydrogens is 360 g/mol. The molecule has 0 radical (unpaired) electrons. The zero-order valence-corrected chi connectivity index (χ0v) is 13.9. The number of aliphatic hydroxyl groups is 1. The van der Waals surface area contributed by atoms with Crippen LogP contribution in [0.3, 0.4) is 0 Å². The lowest BCUT2D eigenvalue weighted by atomic mass is 10.1. The SMILES string of the molecule is Nc1ccc(S(=O)(=O)N2CCC(OCCO)CC2)cc1Br. The fourth-order valence-electron chi connectivity index (χ4n) is 2.28. The first kappa shape index (κ1) is 16.7. The highest BCUT2D eigenvalue weighted by Gasteiger charge is 2.29. The van der Waals surface area contributed by atoms with Crippen LogP contribution in [0, 0.1) is 0 Å². The van der Waals surface area contributed by atoms with Crippen LogP contribution in [0.4, 0.5) is 5.69 Å². The number of ether oxygens (including phenoxy) is 1. The molecule has 0 aliphatic carbocycles. The number of benzene rings is 1. The third-order valence-electron chi connectivity index (χ3n) is 3.46. The molecule has 1 heterocycles. The normalized spacial score (nSPS) is 18.0. The topological polar surface area (TPSA) is 92.9 Å². The number of rotatable bonds is 5. The van der Waals surface area contributed by atoms with Gasteiger partial charge in [-0.25, -0.2) is 8.42 Å². The number of sulfonamides is 1. The minimum Gasteiger partial charge on any atom is -0.398 e. The Labute approximate surface area is 133 Å². The summed E-state index contributed by atoms with van der Waals surface area (Å²) in [6, 6.07) is 4.62. The van der Waals surface area contributed by atoms with Crippen LogP contribution < -0.4 is 5.73 Å². The number of hydrogen-bond acceptors (Lipinski definition) is 5. The van der Waals surface area contributed by atoms with Crippen molar-refractivity contribution in [3.05, 3.63) is 22.7 Å². The van der Waals surface area contributed by atoms with Gasteiger partial charge in [-0.2, -0.15) is 4.31 Å². The Morgan fingerprint density at radius 2 is 2.05 bits per heavy atom. The first-order chi connectivity index (χ1) is 9.95. The van der Waals surface area contributed by atoms with Crippen LogP contribution in [-0.2, 0) is 14.8 Å². The monoisotopic (exact) mass is 378 g/mol. The molecule has 0 bridgehead atoms. The standard InChI is InChI=1S/C13H19BrN2O4S/c14-12-9-11(1-2-13(12)15)21(18,19)16-5-3-10(4-6-16)20-8-7-17/h1-2,9-10,17H,3-8,15H2. The third-order valence-corrected chi connectivity index (χ3v) is 6.04. The van der Waals surface area contributed by atoms with E-state index in [1.807, 2.05) is 0 Å². The van der Waals surface area contributed by atoms with Crippen LogP contribution in [0.1, 0.15) is 12.8 Å². The molecule has 8 heteroatoms. The third kappa shape index (κ3) is 3.95. The molecule has 0 atom stereocenters. The van der Waals surface area contributed by atoms with Crippen LogP contribution in [0.2, 0.25) is 0 Å². The maximum absolute atomic E-state index is 12.6. The number of anilines is 1. The predicted octanol–water partition coefficient (Wildman–Crippen LogP) is 1.19. The molecule has 0 saturated carbocycles. The second-order valence-corrected chi connectivity index (χ2v) is 7.67. The van der Waals surface area contributed by atoms with Crippen LogP contribution in [-0.4, -0.2) is 50.2 Å².